The van der Waals surface area contributed by atoms with E-state index in [9.17, 15) is 19.2 Å². The zero-order chi connectivity index (χ0) is 30.5. The number of furan rings is 1. The van der Waals surface area contributed by atoms with Crippen LogP contribution in [0.15, 0.2) is 52.0 Å². The number of aliphatic imine (C=N–C) groups is 1. The highest BCUT2D eigenvalue weighted by Gasteiger charge is 2.30. The molecule has 0 aliphatic carbocycles. The molecule has 4 amide bonds. The molecule has 1 atom stereocenters. The SMILES string of the molecule is Cc1cc2cc(NC(=NC3CCCCN(CC(=O)N4CCCC4)C3=O)NC(=O)c3ccnc(C(=O)N(C)C)c3)ccc2o1. The molecular formula is C31H37N7O5. The Labute approximate surface area is 250 Å². The van der Waals surface area contributed by atoms with Gasteiger partial charge in [0.1, 0.15) is 23.1 Å². The van der Waals surface area contributed by atoms with E-state index in [1.165, 1.54) is 23.2 Å². The lowest BCUT2D eigenvalue weighted by molar-refractivity contribution is -0.140. The van der Waals surface area contributed by atoms with Crippen LogP contribution in [0, 0.1) is 6.92 Å². The highest BCUT2D eigenvalue weighted by atomic mass is 16.3. The number of aryl methyl sites for hydroxylation is 1. The topological polar surface area (TPSA) is 140 Å². The van der Waals surface area contributed by atoms with Gasteiger partial charge in [0.2, 0.25) is 17.8 Å². The Kier molecular flexibility index (Phi) is 9.03. The molecule has 0 saturated carbocycles. The van der Waals surface area contributed by atoms with Crippen LogP contribution in [0.5, 0.6) is 0 Å². The van der Waals surface area contributed by atoms with E-state index in [4.69, 9.17) is 9.41 Å². The summed E-state index contributed by atoms with van der Waals surface area (Å²) in [5.74, 6) is -0.314. The number of hydrogen-bond donors (Lipinski definition) is 2. The molecule has 43 heavy (non-hydrogen) atoms. The number of nitrogens with zero attached hydrogens (tertiary/aromatic N) is 5. The summed E-state index contributed by atoms with van der Waals surface area (Å²) in [5.41, 5.74) is 1.69. The molecule has 1 aromatic carbocycles. The molecule has 0 bridgehead atoms. The number of aromatic nitrogens is 1. The van der Waals surface area contributed by atoms with Crippen LogP contribution in [-0.4, -0.2) is 95.6 Å². The van der Waals surface area contributed by atoms with Crippen molar-refractivity contribution in [2.75, 3.05) is 45.6 Å². The molecule has 2 N–H and O–H groups in total. The second-order valence-electron chi connectivity index (χ2n) is 11.2. The summed E-state index contributed by atoms with van der Waals surface area (Å²) in [4.78, 5) is 65.9. The van der Waals surface area contributed by atoms with E-state index in [1.54, 1.807) is 30.0 Å². The second-order valence-corrected chi connectivity index (χ2v) is 11.2. The molecule has 2 aliphatic rings. The van der Waals surface area contributed by atoms with Gasteiger partial charge in [-0.3, -0.25) is 29.5 Å². The zero-order valence-electron chi connectivity index (χ0n) is 24.8. The predicted octanol–water partition coefficient (Wildman–Crippen LogP) is 3.04. The average Bonchev–Trinajstić information content (AvgIpc) is 3.63. The van der Waals surface area contributed by atoms with Gasteiger partial charge < -0.3 is 24.4 Å². The second kappa shape index (κ2) is 13.1. The first kappa shape index (κ1) is 29.7. The summed E-state index contributed by atoms with van der Waals surface area (Å²) in [6, 6.07) is 9.50. The molecule has 2 fully saturated rings. The largest absolute Gasteiger partial charge is 0.461 e. The Bertz CT molecular complexity index is 1560. The van der Waals surface area contributed by atoms with Gasteiger partial charge >= 0.3 is 0 Å². The number of hydrogen-bond acceptors (Lipinski definition) is 7. The number of anilines is 1. The molecule has 12 heteroatoms. The first-order valence-corrected chi connectivity index (χ1v) is 14.6. The number of guanidine groups is 1. The van der Waals surface area contributed by atoms with Crippen LogP contribution in [0.3, 0.4) is 0 Å². The fourth-order valence-corrected chi connectivity index (χ4v) is 5.33. The first-order valence-electron chi connectivity index (χ1n) is 14.6. The molecule has 2 saturated heterocycles. The van der Waals surface area contributed by atoms with Gasteiger partial charge in [-0.2, -0.15) is 0 Å². The maximum atomic E-state index is 13.6. The first-order chi connectivity index (χ1) is 20.7. The maximum absolute atomic E-state index is 13.6. The van der Waals surface area contributed by atoms with Crippen molar-refractivity contribution in [1.82, 2.24) is 25.0 Å². The minimum Gasteiger partial charge on any atom is -0.461 e. The fourth-order valence-electron chi connectivity index (χ4n) is 5.33. The molecule has 3 aromatic rings. The van der Waals surface area contributed by atoms with Gasteiger partial charge in [-0.1, -0.05) is 0 Å². The number of amides is 4. The number of carbonyl (C=O) groups is 4. The lowest BCUT2D eigenvalue weighted by Crippen LogP contribution is -2.45. The van der Waals surface area contributed by atoms with Crippen LogP contribution in [0.4, 0.5) is 5.69 Å². The summed E-state index contributed by atoms with van der Waals surface area (Å²) < 4.78 is 5.68. The van der Waals surface area contributed by atoms with Gasteiger partial charge in [0.25, 0.3) is 11.8 Å². The van der Waals surface area contributed by atoms with Gasteiger partial charge in [-0.05, 0) is 75.4 Å². The minimum atomic E-state index is -0.792. The Hall–Kier alpha value is -4.74. The normalized spacial score (nSPS) is 17.6. The molecular weight excluding hydrogens is 550 g/mol. The van der Waals surface area contributed by atoms with Crippen molar-refractivity contribution in [3.8, 4) is 0 Å². The minimum absolute atomic E-state index is 0.0240. The summed E-state index contributed by atoms with van der Waals surface area (Å²) >= 11 is 0. The molecule has 1 unspecified atom stereocenters. The number of carbonyl (C=O) groups excluding carboxylic acids is 4. The van der Waals surface area contributed by atoms with Crippen LogP contribution in [0.2, 0.25) is 0 Å². The van der Waals surface area contributed by atoms with Gasteiger partial charge in [0.05, 0.1) is 6.54 Å². The average molecular weight is 588 g/mol. The number of nitrogens with one attached hydrogen (secondary N) is 2. The lowest BCUT2D eigenvalue weighted by atomic mass is 10.1. The van der Waals surface area contributed by atoms with Crippen molar-refractivity contribution in [2.24, 2.45) is 4.99 Å². The Morgan fingerprint density at radius 3 is 2.58 bits per heavy atom. The van der Waals surface area contributed by atoms with E-state index in [2.05, 4.69) is 15.6 Å². The van der Waals surface area contributed by atoms with Crippen molar-refractivity contribution in [1.29, 1.82) is 0 Å². The van der Waals surface area contributed by atoms with Crippen LogP contribution in [0.1, 0.15) is 58.7 Å². The van der Waals surface area contributed by atoms with Crippen LogP contribution in [-0.2, 0) is 9.59 Å². The summed E-state index contributed by atoms with van der Waals surface area (Å²) in [6.45, 7) is 3.81. The molecule has 2 aliphatic heterocycles. The number of fused-ring (bicyclic) bond motifs is 1. The van der Waals surface area contributed by atoms with Crippen molar-refractivity contribution in [3.63, 3.8) is 0 Å². The lowest BCUT2D eigenvalue weighted by Gasteiger charge is -2.25. The number of likely N-dealkylation sites (tertiary alicyclic amines) is 2. The van der Waals surface area contributed by atoms with Crippen LogP contribution < -0.4 is 10.6 Å². The van der Waals surface area contributed by atoms with E-state index in [-0.39, 0.29) is 41.5 Å². The van der Waals surface area contributed by atoms with Crippen LogP contribution in [0.25, 0.3) is 11.0 Å². The standard InChI is InChI=1S/C31H37N7O5/c1-20-16-22-17-23(9-10-26(22)43-20)33-31(35-28(40)21-11-12-32-25(18-21)29(41)36(2)3)34-24-8-4-5-15-38(30(24)42)19-27(39)37-13-6-7-14-37/h9-12,16-18,24H,4-8,13-15,19H2,1-3H3,(H2,33,34,35,40). The fraction of sp³-hybridized carbons (Fsp3) is 0.419. The number of rotatable bonds is 6. The van der Waals surface area contributed by atoms with E-state index >= 15 is 0 Å². The van der Waals surface area contributed by atoms with Crippen molar-refractivity contribution in [3.05, 3.63) is 59.6 Å². The molecule has 0 radical (unpaired) electrons. The Morgan fingerprint density at radius 2 is 1.81 bits per heavy atom. The molecule has 4 heterocycles. The van der Waals surface area contributed by atoms with E-state index in [1.807, 2.05) is 25.1 Å². The van der Waals surface area contributed by atoms with Crippen LogP contribution >= 0.6 is 0 Å². The smallest absolute Gasteiger partial charge is 0.271 e. The molecule has 2 aromatic heterocycles. The monoisotopic (exact) mass is 587 g/mol. The number of pyridine rings is 1. The highest BCUT2D eigenvalue weighted by molar-refractivity contribution is 6.11. The Morgan fingerprint density at radius 1 is 1.05 bits per heavy atom. The maximum Gasteiger partial charge on any atom is 0.271 e. The van der Waals surface area contributed by atoms with E-state index < -0.39 is 11.9 Å². The molecule has 5 rings (SSSR count). The molecule has 226 valence electrons. The van der Waals surface area contributed by atoms with Gasteiger partial charge in [0, 0.05) is 56.6 Å². The summed E-state index contributed by atoms with van der Waals surface area (Å²) in [5, 5.41) is 6.83. The van der Waals surface area contributed by atoms with E-state index in [0.29, 0.717) is 18.7 Å². The molecule has 12 nitrogen and oxygen atoms in total. The summed E-state index contributed by atoms with van der Waals surface area (Å²) in [6.07, 6.45) is 5.34. The van der Waals surface area contributed by atoms with Crippen molar-refractivity contribution < 1.29 is 23.6 Å². The van der Waals surface area contributed by atoms with Crippen molar-refractivity contribution in [2.45, 2.75) is 45.1 Å². The Balaban J connectivity index is 1.41. The van der Waals surface area contributed by atoms with Crippen molar-refractivity contribution >= 4 is 46.2 Å². The zero-order valence-corrected chi connectivity index (χ0v) is 24.8. The quantitative estimate of drug-likeness (QED) is 0.334. The highest BCUT2D eigenvalue weighted by Crippen LogP contribution is 2.23. The predicted molar refractivity (Wildman–Crippen MR) is 162 cm³/mol. The summed E-state index contributed by atoms with van der Waals surface area (Å²) in [7, 11) is 3.21. The van der Waals surface area contributed by atoms with Gasteiger partial charge in [-0.15, -0.1) is 0 Å². The van der Waals surface area contributed by atoms with Gasteiger partial charge in [-0.25, -0.2) is 4.99 Å². The van der Waals surface area contributed by atoms with E-state index in [0.717, 1.165) is 55.5 Å². The third-order valence-corrected chi connectivity index (χ3v) is 7.60. The third-order valence-electron chi connectivity index (χ3n) is 7.60. The van der Waals surface area contributed by atoms with Gasteiger partial charge in [0.15, 0.2) is 0 Å². The third kappa shape index (κ3) is 7.19. The molecule has 0 spiro atoms. The number of benzene rings is 1.